The lowest BCUT2D eigenvalue weighted by Crippen LogP contribution is -2.23. The van der Waals surface area contributed by atoms with Crippen LogP contribution in [0, 0.1) is 11.3 Å². The van der Waals surface area contributed by atoms with Gasteiger partial charge in [0.25, 0.3) is 5.56 Å². The van der Waals surface area contributed by atoms with Crippen molar-refractivity contribution < 1.29 is 14.3 Å². The number of ether oxygens (including phenoxy) is 2. The number of carbonyl (C=O) groups excluding carboxylic acids is 1. The van der Waals surface area contributed by atoms with Gasteiger partial charge in [-0.3, -0.25) is 9.89 Å². The first-order valence-electron chi connectivity index (χ1n) is 9.75. The van der Waals surface area contributed by atoms with Gasteiger partial charge in [0.1, 0.15) is 22.9 Å². The Hall–Kier alpha value is -4.58. The lowest BCUT2D eigenvalue weighted by molar-refractivity contribution is 0.0528. The number of aromatic amines is 1. The number of esters is 1. The average Bonchev–Trinajstić information content (AvgIpc) is 3.24. The zero-order valence-corrected chi connectivity index (χ0v) is 17.4. The summed E-state index contributed by atoms with van der Waals surface area (Å²) in [7, 11) is 1.53. The molecule has 0 aliphatic carbocycles. The van der Waals surface area contributed by atoms with Crippen molar-refractivity contribution in [2.75, 3.05) is 19.5 Å². The minimum Gasteiger partial charge on any atom is -0.497 e. The molecule has 9 heteroatoms. The standard InChI is InChI=1S/C23H19N5O4/c1-3-32-23(30)19-18(13-8-10-14(31-2)11-9-13)16(12-24)22(29)28-21(19)26-20(27-28)15-6-4-5-7-17(15)25/h4-11H,3,25H2,1-2H3,(H,26,27). The summed E-state index contributed by atoms with van der Waals surface area (Å²) in [5.41, 5.74) is 6.86. The largest absolute Gasteiger partial charge is 0.497 e. The van der Waals surface area contributed by atoms with Gasteiger partial charge in [-0.1, -0.05) is 24.3 Å². The summed E-state index contributed by atoms with van der Waals surface area (Å²) in [6, 6.07) is 15.6. The number of benzene rings is 2. The minimum atomic E-state index is -0.702. The highest BCUT2D eigenvalue weighted by molar-refractivity contribution is 6.04. The van der Waals surface area contributed by atoms with Gasteiger partial charge in [0.15, 0.2) is 11.5 Å². The second-order valence-corrected chi connectivity index (χ2v) is 6.81. The number of nitrogens with zero attached hydrogens (tertiary/aromatic N) is 3. The van der Waals surface area contributed by atoms with Crippen LogP contribution in [0.1, 0.15) is 22.8 Å². The summed E-state index contributed by atoms with van der Waals surface area (Å²) in [5.74, 6) is 0.164. The van der Waals surface area contributed by atoms with Crippen molar-refractivity contribution in [2.24, 2.45) is 0 Å². The van der Waals surface area contributed by atoms with E-state index in [1.165, 1.54) is 7.11 Å². The number of pyridine rings is 1. The Bertz CT molecular complexity index is 1430. The normalized spacial score (nSPS) is 10.7. The number of hydrogen-bond acceptors (Lipinski definition) is 7. The molecule has 4 rings (SSSR count). The number of anilines is 1. The van der Waals surface area contributed by atoms with E-state index in [4.69, 9.17) is 15.2 Å². The molecule has 0 saturated carbocycles. The summed E-state index contributed by atoms with van der Waals surface area (Å²) in [6.07, 6.45) is 0. The van der Waals surface area contributed by atoms with Gasteiger partial charge in [0.2, 0.25) is 0 Å². The predicted octanol–water partition coefficient (Wildman–Crippen LogP) is 3.00. The minimum absolute atomic E-state index is 0.00479. The van der Waals surface area contributed by atoms with Gasteiger partial charge >= 0.3 is 5.97 Å². The molecule has 2 aromatic heterocycles. The zero-order chi connectivity index (χ0) is 22.8. The topological polar surface area (TPSA) is 136 Å². The van der Waals surface area contributed by atoms with Crippen LogP contribution in [0.3, 0.4) is 0 Å². The van der Waals surface area contributed by atoms with E-state index >= 15 is 0 Å². The Kier molecular flexibility index (Phi) is 5.35. The molecule has 0 fully saturated rings. The first-order chi connectivity index (χ1) is 15.5. The molecular weight excluding hydrogens is 410 g/mol. The van der Waals surface area contributed by atoms with Crippen LogP contribution < -0.4 is 16.0 Å². The lowest BCUT2D eigenvalue weighted by Gasteiger charge is -2.12. The number of nitriles is 1. The summed E-state index contributed by atoms with van der Waals surface area (Å²) < 4.78 is 11.5. The van der Waals surface area contributed by atoms with Crippen molar-refractivity contribution in [3.8, 4) is 34.3 Å². The van der Waals surface area contributed by atoms with Gasteiger partial charge in [-0.2, -0.15) is 9.78 Å². The number of nitrogens with two attached hydrogens (primary N) is 1. The number of aromatic nitrogens is 3. The van der Waals surface area contributed by atoms with Crippen molar-refractivity contribution in [2.45, 2.75) is 6.92 Å². The number of rotatable bonds is 5. The fourth-order valence-electron chi connectivity index (χ4n) is 3.49. The molecule has 0 atom stereocenters. The van der Waals surface area contributed by atoms with Crippen LogP contribution >= 0.6 is 0 Å². The fourth-order valence-corrected chi connectivity index (χ4v) is 3.49. The van der Waals surface area contributed by atoms with E-state index in [-0.39, 0.29) is 34.8 Å². The van der Waals surface area contributed by atoms with E-state index in [1.807, 2.05) is 6.07 Å². The van der Waals surface area contributed by atoms with Gasteiger partial charge in [-0.05, 0) is 36.8 Å². The Labute approximate surface area is 182 Å². The summed E-state index contributed by atoms with van der Waals surface area (Å²) in [6.45, 7) is 1.78. The molecule has 0 aliphatic heterocycles. The monoisotopic (exact) mass is 429 g/mol. The second kappa shape index (κ2) is 8.28. The summed E-state index contributed by atoms with van der Waals surface area (Å²) in [5, 5.41) is 12.7. The third-order valence-corrected chi connectivity index (χ3v) is 4.97. The van der Waals surface area contributed by atoms with E-state index < -0.39 is 11.5 Å². The maximum atomic E-state index is 13.2. The molecule has 0 amide bonds. The van der Waals surface area contributed by atoms with Gasteiger partial charge < -0.3 is 15.2 Å². The molecular formula is C23H19N5O4. The Morgan fingerprint density at radius 3 is 2.56 bits per heavy atom. The SMILES string of the molecule is CCOC(=O)c1c(-c2ccc(OC)cc2)c(C#N)c(=O)n2[nH]c(-c3ccccc3N)nc12. The van der Waals surface area contributed by atoms with Gasteiger partial charge in [0, 0.05) is 16.8 Å². The maximum absolute atomic E-state index is 13.2. The maximum Gasteiger partial charge on any atom is 0.342 e. The van der Waals surface area contributed by atoms with Crippen LogP contribution in [0.2, 0.25) is 0 Å². The second-order valence-electron chi connectivity index (χ2n) is 6.81. The van der Waals surface area contributed by atoms with Crippen LogP contribution in [0.4, 0.5) is 5.69 Å². The molecule has 160 valence electrons. The number of H-pyrrole nitrogens is 1. The molecule has 2 aromatic carbocycles. The molecule has 32 heavy (non-hydrogen) atoms. The molecule has 0 radical (unpaired) electrons. The summed E-state index contributed by atoms with van der Waals surface area (Å²) >= 11 is 0. The van der Waals surface area contributed by atoms with Gasteiger partial charge in [-0.25, -0.2) is 9.78 Å². The first kappa shape index (κ1) is 20.7. The van der Waals surface area contributed by atoms with E-state index in [0.717, 1.165) is 4.52 Å². The number of methoxy groups -OCH3 is 1. The fraction of sp³-hybridized carbons (Fsp3) is 0.130. The van der Waals surface area contributed by atoms with E-state index in [0.29, 0.717) is 22.6 Å². The highest BCUT2D eigenvalue weighted by Crippen LogP contribution is 2.32. The molecule has 0 aliphatic rings. The van der Waals surface area contributed by atoms with Crippen LogP contribution in [0.15, 0.2) is 53.3 Å². The smallest absolute Gasteiger partial charge is 0.342 e. The summed E-state index contributed by atoms with van der Waals surface area (Å²) in [4.78, 5) is 30.7. The highest BCUT2D eigenvalue weighted by atomic mass is 16.5. The third-order valence-electron chi connectivity index (χ3n) is 4.97. The highest BCUT2D eigenvalue weighted by Gasteiger charge is 2.28. The Morgan fingerprint density at radius 2 is 1.94 bits per heavy atom. The van der Waals surface area contributed by atoms with E-state index in [1.54, 1.807) is 55.5 Å². The first-order valence-corrected chi connectivity index (χ1v) is 9.75. The van der Waals surface area contributed by atoms with Crippen LogP contribution in [0.25, 0.3) is 28.2 Å². The Balaban J connectivity index is 2.11. The molecule has 0 unspecified atom stereocenters. The predicted molar refractivity (Wildman–Crippen MR) is 118 cm³/mol. The lowest BCUT2D eigenvalue weighted by atomic mass is 9.96. The van der Waals surface area contributed by atoms with E-state index in [9.17, 15) is 14.9 Å². The van der Waals surface area contributed by atoms with Crippen molar-refractivity contribution >= 4 is 17.3 Å². The molecule has 0 spiro atoms. The molecule has 2 heterocycles. The molecule has 4 aromatic rings. The van der Waals surface area contributed by atoms with Crippen molar-refractivity contribution in [1.82, 2.24) is 14.6 Å². The van der Waals surface area contributed by atoms with Gasteiger partial charge in [-0.15, -0.1) is 0 Å². The average molecular weight is 429 g/mol. The van der Waals surface area contributed by atoms with Crippen LogP contribution in [-0.2, 0) is 4.74 Å². The van der Waals surface area contributed by atoms with Crippen LogP contribution in [0.5, 0.6) is 5.75 Å². The molecule has 0 saturated heterocycles. The number of nitrogen functional groups attached to an aromatic ring is 1. The van der Waals surface area contributed by atoms with E-state index in [2.05, 4.69) is 10.1 Å². The van der Waals surface area contributed by atoms with Crippen molar-refractivity contribution in [3.05, 3.63) is 70.0 Å². The Morgan fingerprint density at radius 1 is 1.22 bits per heavy atom. The molecule has 9 nitrogen and oxygen atoms in total. The number of carbonyl (C=O) groups is 1. The van der Waals surface area contributed by atoms with Gasteiger partial charge in [0.05, 0.1) is 13.7 Å². The quantitative estimate of drug-likeness (QED) is 0.368. The molecule has 0 bridgehead atoms. The third kappa shape index (κ3) is 3.33. The molecule has 3 N–H and O–H groups in total. The number of fused-ring (bicyclic) bond motifs is 1. The number of hydrogen-bond donors (Lipinski definition) is 2. The number of para-hydroxylation sites is 1. The van der Waals surface area contributed by atoms with Crippen LogP contribution in [-0.4, -0.2) is 34.3 Å². The zero-order valence-electron chi connectivity index (χ0n) is 17.4. The number of nitrogens with one attached hydrogen (secondary N) is 1. The van der Waals surface area contributed by atoms with Crippen molar-refractivity contribution in [3.63, 3.8) is 0 Å². The van der Waals surface area contributed by atoms with Crippen molar-refractivity contribution in [1.29, 1.82) is 5.26 Å².